The lowest BCUT2D eigenvalue weighted by Crippen LogP contribution is -2.47. The molecule has 33 heavy (non-hydrogen) atoms. The quantitative estimate of drug-likeness (QED) is 0.521. The molecule has 3 heteroatoms. The molecule has 5 aliphatic heterocycles. The summed E-state index contributed by atoms with van der Waals surface area (Å²) in [6, 6.07) is 8.93. The van der Waals surface area contributed by atoms with Gasteiger partial charge in [-0.3, -0.25) is 0 Å². The minimum Gasteiger partial charge on any atom is -0.365 e. The summed E-state index contributed by atoms with van der Waals surface area (Å²) < 4.78 is 9.41. The van der Waals surface area contributed by atoms with Gasteiger partial charge in [0.05, 0.1) is 17.6 Å². The molecule has 0 aliphatic carbocycles. The van der Waals surface area contributed by atoms with Crippen molar-refractivity contribution in [1.29, 1.82) is 0 Å². The predicted octanol–water partition coefficient (Wildman–Crippen LogP) is 6.05. The van der Waals surface area contributed by atoms with E-state index in [1.807, 2.05) is 6.08 Å². The molecule has 0 saturated heterocycles. The van der Waals surface area contributed by atoms with Gasteiger partial charge in [0, 0.05) is 52.6 Å². The molecular formula is C30H35N2O+. The fraction of sp³-hybridized carbons (Fsp3) is 0.433. The number of anilines is 1. The van der Waals surface area contributed by atoms with E-state index >= 15 is 0 Å². The van der Waals surface area contributed by atoms with Crippen molar-refractivity contribution in [2.24, 2.45) is 5.41 Å². The van der Waals surface area contributed by atoms with E-state index in [9.17, 15) is 0 Å². The third kappa shape index (κ3) is 2.63. The number of hydrogen-bond donors (Lipinski definition) is 0. The molecule has 0 fully saturated rings. The lowest BCUT2D eigenvalue weighted by molar-refractivity contribution is -0.476. The second kappa shape index (κ2) is 6.93. The Hall–Kier alpha value is -2.65. The maximum Gasteiger partial charge on any atom is 0.209 e. The summed E-state index contributed by atoms with van der Waals surface area (Å²) >= 11 is 0. The van der Waals surface area contributed by atoms with Gasteiger partial charge in [-0.2, -0.15) is 4.58 Å². The Balaban J connectivity index is 1.56. The van der Waals surface area contributed by atoms with E-state index in [1.165, 1.54) is 45.1 Å². The van der Waals surface area contributed by atoms with Crippen molar-refractivity contribution >= 4 is 11.4 Å². The van der Waals surface area contributed by atoms with Crippen molar-refractivity contribution in [2.75, 3.05) is 18.0 Å². The van der Waals surface area contributed by atoms with Crippen molar-refractivity contribution in [2.45, 2.75) is 65.1 Å². The van der Waals surface area contributed by atoms with Gasteiger partial charge in [0.2, 0.25) is 5.70 Å². The van der Waals surface area contributed by atoms with E-state index in [1.54, 1.807) is 0 Å². The Morgan fingerprint density at radius 2 is 1.88 bits per heavy atom. The van der Waals surface area contributed by atoms with Crippen LogP contribution >= 0.6 is 0 Å². The zero-order valence-corrected chi connectivity index (χ0v) is 20.6. The highest BCUT2D eigenvalue weighted by Gasteiger charge is 2.54. The van der Waals surface area contributed by atoms with Crippen molar-refractivity contribution in [3.05, 3.63) is 88.8 Å². The lowest BCUT2D eigenvalue weighted by atomic mass is 9.73. The first-order valence-corrected chi connectivity index (χ1v) is 12.4. The topological polar surface area (TPSA) is 15.5 Å². The Labute approximate surface area is 198 Å². The van der Waals surface area contributed by atoms with E-state index in [0.717, 1.165) is 25.9 Å². The van der Waals surface area contributed by atoms with Crippen LogP contribution in [0.2, 0.25) is 0 Å². The van der Waals surface area contributed by atoms with Gasteiger partial charge in [-0.05, 0) is 44.9 Å². The van der Waals surface area contributed by atoms with Crippen molar-refractivity contribution in [1.82, 2.24) is 0 Å². The maximum atomic E-state index is 6.90. The summed E-state index contributed by atoms with van der Waals surface area (Å²) in [6.45, 7) is 17.8. The van der Waals surface area contributed by atoms with Crippen LogP contribution in [0.4, 0.5) is 5.69 Å². The molecule has 0 aromatic heterocycles. The molecule has 3 nitrogen and oxygen atoms in total. The Bertz CT molecular complexity index is 1230. The van der Waals surface area contributed by atoms with Crippen molar-refractivity contribution in [3.63, 3.8) is 0 Å². The van der Waals surface area contributed by atoms with Crippen molar-refractivity contribution < 1.29 is 9.31 Å². The Morgan fingerprint density at radius 1 is 1.09 bits per heavy atom. The van der Waals surface area contributed by atoms with Gasteiger partial charge < -0.3 is 9.64 Å². The monoisotopic (exact) mass is 439 g/mol. The second-order valence-electron chi connectivity index (χ2n) is 11.0. The van der Waals surface area contributed by atoms with Gasteiger partial charge >= 0.3 is 0 Å². The zero-order chi connectivity index (χ0) is 23.1. The van der Waals surface area contributed by atoms with Gasteiger partial charge in [0.15, 0.2) is 12.3 Å². The largest absolute Gasteiger partial charge is 0.365 e. The molecule has 1 aromatic rings. The van der Waals surface area contributed by atoms with Crippen LogP contribution in [0.25, 0.3) is 0 Å². The fourth-order valence-electron chi connectivity index (χ4n) is 7.13. The molecule has 6 rings (SSSR count). The molecule has 5 aliphatic rings. The number of hydrogen-bond acceptors (Lipinski definition) is 2. The van der Waals surface area contributed by atoms with Gasteiger partial charge in [-0.1, -0.05) is 50.8 Å². The third-order valence-electron chi connectivity index (χ3n) is 8.47. The molecule has 0 radical (unpaired) electrons. The molecule has 0 saturated carbocycles. The molecule has 0 bridgehead atoms. The third-order valence-corrected chi connectivity index (χ3v) is 8.47. The normalized spacial score (nSPS) is 29.0. The van der Waals surface area contributed by atoms with E-state index in [0.29, 0.717) is 0 Å². The van der Waals surface area contributed by atoms with E-state index in [2.05, 4.69) is 93.2 Å². The number of allylic oxidation sites excluding steroid dienone is 5. The van der Waals surface area contributed by atoms with E-state index < -0.39 is 0 Å². The summed E-state index contributed by atoms with van der Waals surface area (Å²) in [7, 11) is 0. The van der Waals surface area contributed by atoms with Gasteiger partial charge in [0.1, 0.15) is 0 Å². The number of nitrogens with zero attached hydrogens (tertiary/aromatic N) is 2. The van der Waals surface area contributed by atoms with Crippen LogP contribution in [0, 0.1) is 5.41 Å². The minimum absolute atomic E-state index is 0.0251. The van der Waals surface area contributed by atoms with Gasteiger partial charge in [-0.15, -0.1) is 0 Å². The summed E-state index contributed by atoms with van der Waals surface area (Å²) in [5.74, 6) is 0. The summed E-state index contributed by atoms with van der Waals surface area (Å²) in [5, 5.41) is 0. The first-order chi connectivity index (χ1) is 15.8. The van der Waals surface area contributed by atoms with Gasteiger partial charge in [-0.25, -0.2) is 0 Å². The maximum absolute atomic E-state index is 6.90. The molecule has 0 spiro atoms. The number of para-hydroxylation sites is 1. The van der Waals surface area contributed by atoms with E-state index in [-0.39, 0.29) is 23.0 Å². The van der Waals surface area contributed by atoms with Crippen LogP contribution in [0.3, 0.4) is 0 Å². The molecule has 5 heterocycles. The van der Waals surface area contributed by atoms with E-state index in [4.69, 9.17) is 4.74 Å². The predicted molar refractivity (Wildman–Crippen MR) is 136 cm³/mol. The number of rotatable bonds is 2. The highest BCUT2D eigenvalue weighted by Crippen LogP contribution is 2.53. The van der Waals surface area contributed by atoms with Crippen LogP contribution in [-0.2, 0) is 10.2 Å². The van der Waals surface area contributed by atoms with Crippen LogP contribution in [-0.4, -0.2) is 35.6 Å². The first kappa shape index (κ1) is 20.9. The molecule has 0 N–H and O–H groups in total. The molecule has 0 amide bonds. The van der Waals surface area contributed by atoms with Crippen LogP contribution in [0.1, 0.15) is 53.0 Å². The smallest absolute Gasteiger partial charge is 0.209 e. The molecule has 2 unspecified atom stereocenters. The average Bonchev–Trinajstić information content (AvgIpc) is 3.17. The highest BCUT2D eigenvalue weighted by molar-refractivity contribution is 6.06. The van der Waals surface area contributed by atoms with Crippen LogP contribution in [0.5, 0.6) is 0 Å². The summed E-state index contributed by atoms with van der Waals surface area (Å²) in [6.07, 6.45) is 11.4. The summed E-state index contributed by atoms with van der Waals surface area (Å²) in [4.78, 5) is 2.56. The first-order valence-electron chi connectivity index (χ1n) is 12.4. The Kier molecular flexibility index (Phi) is 4.39. The number of benzene rings is 1. The Morgan fingerprint density at radius 3 is 2.64 bits per heavy atom. The van der Waals surface area contributed by atoms with Crippen LogP contribution < -0.4 is 4.90 Å². The number of fused-ring (bicyclic) bond motifs is 6. The second-order valence-corrected chi connectivity index (χ2v) is 11.0. The number of ether oxygens (including phenoxy) is 1. The minimum atomic E-state index is -0.0789. The average molecular weight is 440 g/mol. The fourth-order valence-corrected chi connectivity index (χ4v) is 7.13. The SMILES string of the molecule is C=CC1=C(/C=C\C)C(C)(C)C2=[N+]1CCC1OC3CCN4C(=C3C=C21)C(C)(C)c1ccccc14. The standard InChI is InChI=1S/C30H35N2O/c1-7-11-21-23(8-2)31-16-14-25-19(27(31)29(21,3)4)18-20-26(33-25)15-17-32-24-13-10-9-12-22(24)30(5,6)28(20)32/h7-13,18,25-26H,2,14-17H2,1,3-6H3/q+1/b11-7-. The summed E-state index contributed by atoms with van der Waals surface area (Å²) in [5.41, 5.74) is 10.9. The lowest BCUT2D eigenvalue weighted by Gasteiger charge is -2.42. The molecule has 1 aromatic carbocycles. The van der Waals surface area contributed by atoms with Gasteiger partial charge in [0.25, 0.3) is 0 Å². The molecule has 2 atom stereocenters. The highest BCUT2D eigenvalue weighted by atomic mass is 16.5. The van der Waals surface area contributed by atoms with Crippen molar-refractivity contribution in [3.8, 4) is 0 Å². The van der Waals surface area contributed by atoms with Crippen LogP contribution in [0.15, 0.2) is 83.3 Å². The zero-order valence-electron chi connectivity index (χ0n) is 20.6. The molecular weight excluding hydrogens is 404 g/mol. The molecule has 170 valence electrons.